The molecule has 0 saturated carbocycles. The third-order valence-electron chi connectivity index (χ3n) is 4.35. The number of aryl methyl sites for hydroxylation is 1. The number of halogens is 1. The quantitative estimate of drug-likeness (QED) is 0.561. The summed E-state index contributed by atoms with van der Waals surface area (Å²) in [5.41, 5.74) is 3.56. The second-order valence-corrected chi connectivity index (χ2v) is 7.26. The summed E-state index contributed by atoms with van der Waals surface area (Å²) in [4.78, 5) is 28.2. The highest BCUT2D eigenvalue weighted by atomic mass is 32.1. The van der Waals surface area contributed by atoms with Gasteiger partial charge in [0.15, 0.2) is 5.58 Å². The summed E-state index contributed by atoms with van der Waals surface area (Å²) in [7, 11) is 1.66. The van der Waals surface area contributed by atoms with Crippen molar-refractivity contribution in [2.24, 2.45) is 7.05 Å². The van der Waals surface area contributed by atoms with E-state index >= 15 is 0 Å². The third-order valence-corrected chi connectivity index (χ3v) is 5.20. The first-order valence-corrected chi connectivity index (χ1v) is 9.43. The van der Waals surface area contributed by atoms with Crippen molar-refractivity contribution in [1.29, 1.82) is 0 Å². The SMILES string of the molecule is Cn1c(=O)oc2cc(-c3csc(CNC(=O)Cc4ccc(F)cc4)n3)ccc21. The minimum absolute atomic E-state index is 0.157. The first-order valence-electron chi connectivity index (χ1n) is 8.55. The first-order chi connectivity index (χ1) is 13.5. The van der Waals surface area contributed by atoms with E-state index in [1.165, 1.54) is 28.0 Å². The fourth-order valence-electron chi connectivity index (χ4n) is 2.84. The molecule has 8 heteroatoms. The van der Waals surface area contributed by atoms with Crippen molar-refractivity contribution >= 4 is 28.3 Å². The van der Waals surface area contributed by atoms with Gasteiger partial charge >= 0.3 is 5.76 Å². The Kier molecular flexibility index (Phi) is 4.79. The number of nitrogens with one attached hydrogen (secondary N) is 1. The molecule has 0 spiro atoms. The Bertz CT molecular complexity index is 1210. The van der Waals surface area contributed by atoms with E-state index < -0.39 is 5.76 Å². The van der Waals surface area contributed by atoms with Gasteiger partial charge in [0.25, 0.3) is 0 Å². The van der Waals surface area contributed by atoms with Gasteiger partial charge in [-0.15, -0.1) is 11.3 Å². The molecule has 0 aliphatic rings. The molecule has 0 unspecified atom stereocenters. The Morgan fingerprint density at radius 1 is 1.25 bits per heavy atom. The normalized spacial score (nSPS) is 11.1. The van der Waals surface area contributed by atoms with Crippen LogP contribution in [0.1, 0.15) is 10.6 Å². The van der Waals surface area contributed by atoms with Gasteiger partial charge < -0.3 is 9.73 Å². The highest BCUT2D eigenvalue weighted by Crippen LogP contribution is 2.25. The van der Waals surface area contributed by atoms with E-state index in [2.05, 4.69) is 10.3 Å². The van der Waals surface area contributed by atoms with Crippen LogP contribution in [-0.4, -0.2) is 15.5 Å². The van der Waals surface area contributed by atoms with Crippen LogP contribution in [0.4, 0.5) is 4.39 Å². The summed E-state index contributed by atoms with van der Waals surface area (Å²) in [5.74, 6) is -0.890. The lowest BCUT2D eigenvalue weighted by molar-refractivity contribution is -0.120. The highest BCUT2D eigenvalue weighted by Gasteiger charge is 2.11. The summed E-state index contributed by atoms with van der Waals surface area (Å²) >= 11 is 1.44. The highest BCUT2D eigenvalue weighted by molar-refractivity contribution is 7.09. The minimum atomic E-state index is -0.407. The molecule has 0 saturated heterocycles. The molecule has 0 aliphatic carbocycles. The van der Waals surface area contributed by atoms with Crippen molar-refractivity contribution in [3.63, 3.8) is 0 Å². The van der Waals surface area contributed by atoms with Crippen molar-refractivity contribution < 1.29 is 13.6 Å². The summed E-state index contributed by atoms with van der Waals surface area (Å²) < 4.78 is 19.6. The predicted octanol–water partition coefficient (Wildman–Crippen LogP) is 3.25. The van der Waals surface area contributed by atoms with E-state index in [1.807, 2.05) is 17.5 Å². The maximum Gasteiger partial charge on any atom is 0.419 e. The molecule has 28 heavy (non-hydrogen) atoms. The first kappa shape index (κ1) is 18.1. The number of aromatic nitrogens is 2. The molecule has 142 valence electrons. The molecular weight excluding hydrogens is 381 g/mol. The van der Waals surface area contributed by atoms with Gasteiger partial charge in [0.05, 0.1) is 24.2 Å². The van der Waals surface area contributed by atoms with Crippen LogP contribution in [0.3, 0.4) is 0 Å². The smallest absolute Gasteiger partial charge is 0.408 e. The summed E-state index contributed by atoms with van der Waals surface area (Å²) in [6.07, 6.45) is 0.183. The van der Waals surface area contributed by atoms with Gasteiger partial charge in [0.1, 0.15) is 10.8 Å². The number of amides is 1. The van der Waals surface area contributed by atoms with Gasteiger partial charge in [-0.05, 0) is 29.8 Å². The van der Waals surface area contributed by atoms with Crippen molar-refractivity contribution in [1.82, 2.24) is 14.9 Å². The fourth-order valence-corrected chi connectivity index (χ4v) is 3.59. The van der Waals surface area contributed by atoms with Gasteiger partial charge in [-0.25, -0.2) is 14.2 Å². The second kappa shape index (κ2) is 7.40. The molecule has 4 rings (SSSR count). The number of hydrogen-bond acceptors (Lipinski definition) is 5. The lowest BCUT2D eigenvalue weighted by Crippen LogP contribution is -2.24. The van der Waals surface area contributed by atoms with E-state index in [9.17, 15) is 14.0 Å². The molecule has 2 heterocycles. The van der Waals surface area contributed by atoms with Crippen molar-refractivity contribution in [3.8, 4) is 11.3 Å². The number of carbonyl (C=O) groups is 1. The van der Waals surface area contributed by atoms with Crippen LogP contribution in [0, 0.1) is 5.82 Å². The zero-order valence-corrected chi connectivity index (χ0v) is 15.8. The van der Waals surface area contributed by atoms with Crippen LogP contribution >= 0.6 is 11.3 Å². The summed E-state index contributed by atoms with van der Waals surface area (Å²) in [5, 5.41) is 5.47. The number of hydrogen-bond donors (Lipinski definition) is 1. The van der Waals surface area contributed by atoms with Crippen molar-refractivity contribution in [2.45, 2.75) is 13.0 Å². The molecule has 1 N–H and O–H groups in total. The molecule has 6 nitrogen and oxygen atoms in total. The maximum absolute atomic E-state index is 12.9. The number of carbonyl (C=O) groups excluding carboxylic acids is 1. The Hall–Kier alpha value is -3.26. The lowest BCUT2D eigenvalue weighted by atomic mass is 10.1. The van der Waals surface area contributed by atoms with E-state index in [0.717, 1.165) is 27.3 Å². The molecule has 2 aromatic carbocycles. The summed E-state index contributed by atoms with van der Waals surface area (Å²) in [6.45, 7) is 0.313. The Balaban J connectivity index is 1.42. The molecular formula is C20H16FN3O3S. The largest absolute Gasteiger partial charge is 0.419 e. The van der Waals surface area contributed by atoms with Gasteiger partial charge in [-0.3, -0.25) is 9.36 Å². The van der Waals surface area contributed by atoms with Crippen LogP contribution in [0.5, 0.6) is 0 Å². The van der Waals surface area contributed by atoms with Gasteiger partial charge in [0.2, 0.25) is 5.91 Å². The van der Waals surface area contributed by atoms with Gasteiger partial charge in [-0.2, -0.15) is 0 Å². The number of benzene rings is 2. The molecule has 0 bridgehead atoms. The van der Waals surface area contributed by atoms with Crippen LogP contribution in [-0.2, 0) is 24.8 Å². The van der Waals surface area contributed by atoms with Gasteiger partial charge in [-0.1, -0.05) is 18.2 Å². The predicted molar refractivity (Wildman–Crippen MR) is 105 cm³/mol. The van der Waals surface area contributed by atoms with E-state index in [4.69, 9.17) is 4.42 Å². The number of nitrogens with zero attached hydrogens (tertiary/aromatic N) is 2. The lowest BCUT2D eigenvalue weighted by Gasteiger charge is -2.03. The number of thiazole rings is 1. The third kappa shape index (κ3) is 3.72. The van der Waals surface area contributed by atoms with E-state index in [-0.39, 0.29) is 18.1 Å². The molecule has 0 aliphatic heterocycles. The molecule has 4 aromatic rings. The van der Waals surface area contributed by atoms with E-state index in [0.29, 0.717) is 12.1 Å². The number of oxazole rings is 1. The Morgan fingerprint density at radius 3 is 2.82 bits per heavy atom. The zero-order chi connectivity index (χ0) is 19.7. The molecule has 0 radical (unpaired) electrons. The maximum atomic E-state index is 12.9. The number of fused-ring (bicyclic) bond motifs is 1. The number of rotatable bonds is 5. The average molecular weight is 397 g/mol. The topological polar surface area (TPSA) is 77.1 Å². The average Bonchev–Trinajstić information content (AvgIpc) is 3.27. The molecule has 1 amide bonds. The second-order valence-electron chi connectivity index (χ2n) is 6.32. The standard InChI is InChI=1S/C20H16FN3O3S/c1-24-16-7-4-13(9-17(16)27-20(24)26)15-11-28-19(23-15)10-22-18(25)8-12-2-5-14(21)6-3-12/h2-7,9,11H,8,10H2,1H3,(H,22,25). The van der Waals surface area contributed by atoms with Crippen LogP contribution in [0.2, 0.25) is 0 Å². The summed E-state index contributed by atoms with van der Waals surface area (Å²) in [6, 6.07) is 11.3. The molecule has 0 fully saturated rings. The Labute approximate surface area is 163 Å². The van der Waals surface area contributed by atoms with Crippen LogP contribution in [0.15, 0.2) is 57.1 Å². The van der Waals surface area contributed by atoms with Crippen molar-refractivity contribution in [2.75, 3.05) is 0 Å². The Morgan fingerprint density at radius 2 is 2.04 bits per heavy atom. The molecule has 2 aromatic heterocycles. The zero-order valence-electron chi connectivity index (χ0n) is 14.9. The van der Waals surface area contributed by atoms with E-state index in [1.54, 1.807) is 25.2 Å². The fraction of sp³-hybridized carbons (Fsp3) is 0.150. The van der Waals surface area contributed by atoms with Crippen LogP contribution in [0.25, 0.3) is 22.4 Å². The minimum Gasteiger partial charge on any atom is -0.408 e. The monoisotopic (exact) mass is 397 g/mol. The van der Waals surface area contributed by atoms with Gasteiger partial charge in [0, 0.05) is 18.0 Å². The van der Waals surface area contributed by atoms with Crippen LogP contribution < -0.4 is 11.1 Å². The molecule has 0 atom stereocenters. The van der Waals surface area contributed by atoms with Crippen molar-refractivity contribution in [3.05, 3.63) is 74.8 Å².